The predicted octanol–water partition coefficient (Wildman–Crippen LogP) is -3.27. The molecule has 0 aromatic rings. The first kappa shape index (κ1) is 25.4. The second-order valence-electron chi connectivity index (χ2n) is 1.73. The minimum atomic E-state index is -4.64. The van der Waals surface area contributed by atoms with Crippen molar-refractivity contribution in [3.05, 3.63) is 0 Å². The molecule has 0 bridgehead atoms. The number of carboxylic acids is 4. The molecule has 0 aromatic heterocycles. The summed E-state index contributed by atoms with van der Waals surface area (Å²) in [7, 11) is -4.64. The van der Waals surface area contributed by atoms with Crippen LogP contribution in [-0.4, -0.2) is 77.8 Å². The van der Waals surface area contributed by atoms with Gasteiger partial charge in [0.25, 0.3) is 0 Å². The van der Waals surface area contributed by atoms with Crippen molar-refractivity contribution in [2.45, 2.75) is 0 Å². The molecule has 0 saturated heterocycles. The second kappa shape index (κ2) is 12.1. The third-order valence-corrected chi connectivity index (χ3v) is 0.366. The van der Waals surface area contributed by atoms with Gasteiger partial charge in [-0.2, -0.15) is 0 Å². The molecule has 0 heterocycles. The van der Waals surface area contributed by atoms with Gasteiger partial charge in [-0.15, -0.1) is 0 Å². The molecule has 0 radical (unpaired) electrons. The first-order valence-corrected chi connectivity index (χ1v) is 4.56. The summed E-state index contributed by atoms with van der Waals surface area (Å²) in [6, 6.07) is 0. The van der Waals surface area contributed by atoms with Crippen LogP contribution in [0.3, 0.4) is 0 Å². The molecule has 0 spiro atoms. The number of phosphoric acid groups is 1. The van der Waals surface area contributed by atoms with E-state index < -0.39 is 31.7 Å². The molecule has 14 heteroatoms. The van der Waals surface area contributed by atoms with Crippen LogP contribution in [0.4, 0.5) is 0 Å². The number of aliphatic carboxylic acids is 4. The normalized spacial score (nSPS) is 8.17. The summed E-state index contributed by atoms with van der Waals surface area (Å²) in [5.41, 5.74) is 0. The van der Waals surface area contributed by atoms with Gasteiger partial charge in [0.15, 0.2) is 0 Å². The molecule has 0 rings (SSSR count). The van der Waals surface area contributed by atoms with Gasteiger partial charge in [-0.1, -0.05) is 0 Å². The minimum absolute atomic E-state index is 0. The standard InChI is InChI=1S/2C2H2O4.Li.H3O4P.H/c2*3-1(4)2(5)6;;1-5(2,3)4;/h2*(H,3,4)(H,5,6);;(H3,1,2,3,4);. The van der Waals surface area contributed by atoms with E-state index in [1.807, 2.05) is 0 Å². The Morgan fingerprint density at radius 3 is 0.667 bits per heavy atom. The number of carboxylic acid groups (broad SMARTS) is 4. The number of hydrogen-bond acceptors (Lipinski definition) is 5. The monoisotopic (exact) mass is 286 g/mol. The van der Waals surface area contributed by atoms with E-state index in [1.54, 1.807) is 0 Å². The van der Waals surface area contributed by atoms with Crippen LogP contribution in [0.2, 0.25) is 0 Å². The van der Waals surface area contributed by atoms with Gasteiger partial charge >= 0.3 is 50.6 Å². The molecular formula is C4H8LiO12P. The zero-order valence-electron chi connectivity index (χ0n) is 7.62. The third-order valence-electron chi connectivity index (χ3n) is 0.366. The van der Waals surface area contributed by atoms with E-state index in [1.165, 1.54) is 0 Å². The Morgan fingerprint density at radius 1 is 0.611 bits per heavy atom. The molecule has 102 valence electrons. The molecule has 0 atom stereocenters. The average molecular weight is 286 g/mol. The molecular weight excluding hydrogens is 278 g/mol. The summed E-state index contributed by atoms with van der Waals surface area (Å²) < 4.78 is 8.88. The van der Waals surface area contributed by atoms with Gasteiger partial charge in [-0.25, -0.2) is 23.7 Å². The Hall–Kier alpha value is -1.41. The van der Waals surface area contributed by atoms with Crippen molar-refractivity contribution < 1.29 is 58.8 Å². The second-order valence-corrected chi connectivity index (χ2v) is 2.76. The van der Waals surface area contributed by atoms with Crippen molar-refractivity contribution in [2.75, 3.05) is 0 Å². The van der Waals surface area contributed by atoms with Crippen LogP contribution in [0.5, 0.6) is 0 Å². The van der Waals surface area contributed by atoms with Crippen LogP contribution >= 0.6 is 7.82 Å². The summed E-state index contributed by atoms with van der Waals surface area (Å²) in [4.78, 5) is 58.0. The van der Waals surface area contributed by atoms with Gasteiger partial charge in [-0.3, -0.25) is 0 Å². The molecule has 0 aliphatic carbocycles. The molecule has 18 heavy (non-hydrogen) atoms. The van der Waals surface area contributed by atoms with Crippen LogP contribution in [0.25, 0.3) is 0 Å². The van der Waals surface area contributed by atoms with E-state index in [0.29, 0.717) is 0 Å². The zero-order valence-corrected chi connectivity index (χ0v) is 8.51. The number of carbonyl (C=O) groups is 4. The van der Waals surface area contributed by atoms with Crippen LogP contribution in [-0.2, 0) is 23.7 Å². The first-order chi connectivity index (χ1) is 7.29. The Labute approximate surface area is 110 Å². The first-order valence-electron chi connectivity index (χ1n) is 2.99. The van der Waals surface area contributed by atoms with Crippen molar-refractivity contribution >= 4 is 50.6 Å². The summed E-state index contributed by atoms with van der Waals surface area (Å²) >= 11 is 0. The fourth-order valence-corrected chi connectivity index (χ4v) is 0. The van der Waals surface area contributed by atoms with Crippen molar-refractivity contribution in [3.8, 4) is 0 Å². The molecule has 0 aromatic carbocycles. The third kappa shape index (κ3) is 62.1. The summed E-state index contributed by atoms with van der Waals surface area (Å²) in [5.74, 6) is -7.30. The fourth-order valence-electron chi connectivity index (χ4n) is 0. The molecule has 0 unspecified atom stereocenters. The van der Waals surface area contributed by atoms with E-state index >= 15 is 0 Å². The quantitative estimate of drug-likeness (QED) is 0.132. The average Bonchev–Trinajstić information content (AvgIpc) is 2.01. The van der Waals surface area contributed by atoms with Gasteiger partial charge in [0.2, 0.25) is 0 Å². The van der Waals surface area contributed by atoms with Crippen LogP contribution in [0, 0.1) is 0 Å². The van der Waals surface area contributed by atoms with Gasteiger partial charge in [0, 0.05) is 0 Å². The zero-order chi connectivity index (χ0) is 14.8. The van der Waals surface area contributed by atoms with E-state index in [-0.39, 0.29) is 18.9 Å². The van der Waals surface area contributed by atoms with Crippen LogP contribution < -0.4 is 0 Å². The topological polar surface area (TPSA) is 227 Å². The maximum atomic E-state index is 9.10. The fraction of sp³-hybridized carbons (Fsp3) is 0. The molecule has 7 N–H and O–H groups in total. The van der Waals surface area contributed by atoms with E-state index in [4.69, 9.17) is 58.8 Å². The maximum absolute atomic E-state index is 9.10. The number of hydrogen-bond donors (Lipinski definition) is 7. The Morgan fingerprint density at radius 2 is 0.667 bits per heavy atom. The van der Waals surface area contributed by atoms with Crippen LogP contribution in [0.15, 0.2) is 0 Å². The summed E-state index contributed by atoms with van der Waals surface area (Å²) in [6.45, 7) is 0. The predicted molar refractivity (Wildman–Crippen MR) is 52.0 cm³/mol. The van der Waals surface area contributed by atoms with Crippen molar-refractivity contribution in [1.82, 2.24) is 0 Å². The Balaban J connectivity index is -0.0000000799. The number of rotatable bonds is 0. The Kier molecular flexibility index (Phi) is 17.0. The Bertz CT molecular complexity index is 286. The molecule has 0 saturated carbocycles. The van der Waals surface area contributed by atoms with E-state index in [0.717, 1.165) is 0 Å². The molecule has 0 amide bonds. The molecule has 0 aliphatic heterocycles. The summed E-state index contributed by atoms with van der Waals surface area (Å²) in [5, 5.41) is 29.6. The van der Waals surface area contributed by atoms with Crippen LogP contribution in [0.1, 0.15) is 0 Å². The summed E-state index contributed by atoms with van der Waals surface area (Å²) in [6.07, 6.45) is 0. The van der Waals surface area contributed by atoms with Crippen molar-refractivity contribution in [3.63, 3.8) is 0 Å². The van der Waals surface area contributed by atoms with Crippen molar-refractivity contribution in [2.24, 2.45) is 0 Å². The SMILES string of the molecule is O=C(O)C(=O)O.O=C(O)C(=O)O.O=P(O)(O)O.[LiH]. The van der Waals surface area contributed by atoms with Gasteiger partial charge in [-0.05, 0) is 0 Å². The molecule has 0 aliphatic rings. The van der Waals surface area contributed by atoms with Gasteiger partial charge < -0.3 is 35.1 Å². The van der Waals surface area contributed by atoms with Crippen molar-refractivity contribution in [1.29, 1.82) is 0 Å². The van der Waals surface area contributed by atoms with Gasteiger partial charge in [0.05, 0.1) is 0 Å². The van der Waals surface area contributed by atoms with E-state index in [9.17, 15) is 0 Å². The molecule has 12 nitrogen and oxygen atoms in total. The van der Waals surface area contributed by atoms with Gasteiger partial charge in [0.1, 0.15) is 0 Å². The van der Waals surface area contributed by atoms with E-state index in [2.05, 4.69) is 0 Å². The molecule has 0 fully saturated rings.